The van der Waals surface area contributed by atoms with Crippen LogP contribution in [0.5, 0.6) is 0 Å². The Morgan fingerprint density at radius 2 is 1.56 bits per heavy atom. The molecule has 34 heavy (non-hydrogen) atoms. The lowest BCUT2D eigenvalue weighted by atomic mass is 10.2. The molecule has 0 aliphatic rings. The van der Waals surface area contributed by atoms with Crippen LogP contribution in [0.4, 0.5) is 17.1 Å². The Morgan fingerprint density at radius 3 is 2.15 bits per heavy atom. The average Bonchev–Trinajstić information content (AvgIpc) is 3.27. The van der Waals surface area contributed by atoms with Gasteiger partial charge in [0.15, 0.2) is 11.0 Å². The largest absolute Gasteiger partial charge is 0.326 e. The van der Waals surface area contributed by atoms with E-state index in [-0.39, 0.29) is 17.6 Å². The lowest BCUT2D eigenvalue weighted by Crippen LogP contribution is -2.27. The zero-order chi connectivity index (χ0) is 23.9. The molecule has 0 unspecified atom stereocenters. The first kappa shape index (κ1) is 23.3. The molecule has 0 saturated carbocycles. The molecule has 0 spiro atoms. The summed E-state index contributed by atoms with van der Waals surface area (Å²) in [6.07, 6.45) is 0. The van der Waals surface area contributed by atoms with E-state index in [1.807, 2.05) is 96.4 Å². The number of thioether (sulfide) groups is 1. The molecule has 172 valence electrons. The van der Waals surface area contributed by atoms with E-state index in [1.54, 1.807) is 4.90 Å². The molecule has 1 heterocycles. The van der Waals surface area contributed by atoms with Crippen molar-refractivity contribution in [1.82, 2.24) is 14.8 Å². The second kappa shape index (κ2) is 10.8. The Labute approximate surface area is 202 Å². The third kappa shape index (κ3) is 5.35. The summed E-state index contributed by atoms with van der Waals surface area (Å²) in [6, 6.07) is 26.7. The number of carbonyl (C=O) groups is 2. The van der Waals surface area contributed by atoms with E-state index in [9.17, 15) is 9.59 Å². The molecule has 0 radical (unpaired) electrons. The first-order valence-electron chi connectivity index (χ1n) is 10.9. The van der Waals surface area contributed by atoms with Gasteiger partial charge in [0.25, 0.3) is 0 Å². The number of benzene rings is 3. The number of carbonyl (C=O) groups excluding carboxylic acids is 2. The number of para-hydroxylation sites is 2. The van der Waals surface area contributed by atoms with Crippen molar-refractivity contribution in [3.63, 3.8) is 0 Å². The van der Waals surface area contributed by atoms with Gasteiger partial charge in [0.1, 0.15) is 0 Å². The van der Waals surface area contributed by atoms with Gasteiger partial charge < -0.3 is 9.88 Å². The topological polar surface area (TPSA) is 80.1 Å². The van der Waals surface area contributed by atoms with Crippen LogP contribution in [0.15, 0.2) is 90.1 Å². The highest BCUT2D eigenvalue weighted by Crippen LogP contribution is 2.29. The van der Waals surface area contributed by atoms with Crippen molar-refractivity contribution in [1.29, 1.82) is 0 Å². The van der Waals surface area contributed by atoms with Gasteiger partial charge in [-0.05, 0) is 43.3 Å². The first-order valence-corrected chi connectivity index (χ1v) is 11.9. The summed E-state index contributed by atoms with van der Waals surface area (Å²) in [5, 5.41) is 12.2. The standard InChI is InChI=1S/C26H25N5O2S/c1-3-30-25(20-11-10-12-21(17-20)27-19(2)32)28-29-26(30)34-18-24(33)31(22-13-6-4-7-14-22)23-15-8-5-9-16-23/h4-17H,3,18H2,1-2H3,(H,27,32). The number of rotatable bonds is 8. The average molecular weight is 472 g/mol. The number of anilines is 3. The maximum absolute atomic E-state index is 13.3. The lowest BCUT2D eigenvalue weighted by molar-refractivity contribution is -0.115. The van der Waals surface area contributed by atoms with E-state index in [0.29, 0.717) is 23.2 Å². The maximum Gasteiger partial charge on any atom is 0.242 e. The molecule has 4 rings (SSSR count). The second-order valence-electron chi connectivity index (χ2n) is 7.50. The van der Waals surface area contributed by atoms with Gasteiger partial charge in [-0.2, -0.15) is 0 Å². The van der Waals surface area contributed by atoms with Crippen LogP contribution in [0.2, 0.25) is 0 Å². The van der Waals surface area contributed by atoms with Crippen LogP contribution >= 0.6 is 11.8 Å². The quantitative estimate of drug-likeness (QED) is 0.349. The minimum atomic E-state index is -0.134. The van der Waals surface area contributed by atoms with E-state index in [0.717, 1.165) is 16.9 Å². The molecule has 7 nitrogen and oxygen atoms in total. The normalized spacial score (nSPS) is 10.6. The summed E-state index contributed by atoms with van der Waals surface area (Å²) in [7, 11) is 0. The van der Waals surface area contributed by atoms with Crippen LogP contribution in [0.25, 0.3) is 11.4 Å². The third-order valence-corrected chi connectivity index (χ3v) is 6.03. The fourth-order valence-electron chi connectivity index (χ4n) is 3.62. The molecule has 2 amide bonds. The molecule has 0 atom stereocenters. The number of aromatic nitrogens is 3. The van der Waals surface area contributed by atoms with E-state index in [1.165, 1.54) is 18.7 Å². The molecule has 0 aliphatic heterocycles. The van der Waals surface area contributed by atoms with Crippen LogP contribution in [0.3, 0.4) is 0 Å². The molecular formula is C26H25N5O2S. The SMILES string of the molecule is CCn1c(SCC(=O)N(c2ccccc2)c2ccccc2)nnc1-c1cccc(NC(C)=O)c1. The Morgan fingerprint density at radius 1 is 0.912 bits per heavy atom. The maximum atomic E-state index is 13.3. The molecule has 1 N–H and O–H groups in total. The van der Waals surface area contributed by atoms with Crippen molar-refractivity contribution < 1.29 is 9.59 Å². The number of hydrogen-bond acceptors (Lipinski definition) is 5. The number of amides is 2. The number of hydrogen-bond donors (Lipinski definition) is 1. The van der Waals surface area contributed by atoms with Crippen LogP contribution in [0.1, 0.15) is 13.8 Å². The minimum absolute atomic E-state index is 0.0535. The van der Waals surface area contributed by atoms with Crippen molar-refractivity contribution in [2.75, 3.05) is 16.0 Å². The molecular weight excluding hydrogens is 446 g/mol. The second-order valence-corrected chi connectivity index (χ2v) is 8.44. The lowest BCUT2D eigenvalue weighted by Gasteiger charge is -2.23. The zero-order valence-corrected chi connectivity index (χ0v) is 19.8. The molecule has 3 aromatic carbocycles. The Bertz CT molecular complexity index is 1240. The smallest absolute Gasteiger partial charge is 0.242 e. The summed E-state index contributed by atoms with van der Waals surface area (Å²) in [5.41, 5.74) is 3.16. The van der Waals surface area contributed by atoms with E-state index < -0.39 is 0 Å². The molecule has 8 heteroatoms. The first-order chi connectivity index (χ1) is 16.6. The summed E-state index contributed by atoms with van der Waals surface area (Å²) >= 11 is 1.36. The van der Waals surface area contributed by atoms with Crippen LogP contribution in [-0.4, -0.2) is 32.3 Å². The van der Waals surface area contributed by atoms with E-state index in [2.05, 4.69) is 15.5 Å². The highest BCUT2D eigenvalue weighted by atomic mass is 32.2. The van der Waals surface area contributed by atoms with Crippen LogP contribution in [0, 0.1) is 0 Å². The molecule has 0 saturated heterocycles. The molecule has 0 fully saturated rings. The highest BCUT2D eigenvalue weighted by Gasteiger charge is 2.20. The highest BCUT2D eigenvalue weighted by molar-refractivity contribution is 7.99. The number of nitrogens with one attached hydrogen (secondary N) is 1. The Hall–Kier alpha value is -3.91. The predicted molar refractivity (Wildman–Crippen MR) is 136 cm³/mol. The van der Waals surface area contributed by atoms with E-state index in [4.69, 9.17) is 0 Å². The summed E-state index contributed by atoms with van der Waals surface area (Å²) in [4.78, 5) is 26.5. The molecule has 4 aromatic rings. The molecule has 0 bridgehead atoms. The summed E-state index contributed by atoms with van der Waals surface area (Å²) < 4.78 is 1.97. The van der Waals surface area contributed by atoms with Gasteiger partial charge in [-0.15, -0.1) is 10.2 Å². The monoisotopic (exact) mass is 471 g/mol. The van der Waals surface area contributed by atoms with Crippen molar-refractivity contribution in [2.24, 2.45) is 0 Å². The number of nitrogens with zero attached hydrogens (tertiary/aromatic N) is 4. The Kier molecular flexibility index (Phi) is 7.39. The minimum Gasteiger partial charge on any atom is -0.326 e. The van der Waals surface area contributed by atoms with E-state index >= 15 is 0 Å². The molecule has 1 aromatic heterocycles. The van der Waals surface area contributed by atoms with Crippen molar-refractivity contribution in [2.45, 2.75) is 25.5 Å². The fraction of sp³-hybridized carbons (Fsp3) is 0.154. The van der Waals surface area contributed by atoms with Crippen molar-refractivity contribution >= 4 is 40.6 Å². The Balaban J connectivity index is 1.56. The van der Waals surface area contributed by atoms with Crippen molar-refractivity contribution in [3.05, 3.63) is 84.9 Å². The fourth-order valence-corrected chi connectivity index (χ4v) is 4.47. The van der Waals surface area contributed by atoms with Gasteiger partial charge in [-0.3, -0.25) is 14.5 Å². The van der Waals surface area contributed by atoms with Crippen LogP contribution < -0.4 is 10.2 Å². The van der Waals surface area contributed by atoms with Gasteiger partial charge >= 0.3 is 0 Å². The van der Waals surface area contributed by atoms with Gasteiger partial charge in [0.2, 0.25) is 11.8 Å². The van der Waals surface area contributed by atoms with Gasteiger partial charge in [-0.1, -0.05) is 60.3 Å². The summed E-state index contributed by atoms with van der Waals surface area (Å²) in [6.45, 7) is 4.13. The van der Waals surface area contributed by atoms with Gasteiger partial charge in [-0.25, -0.2) is 0 Å². The molecule has 0 aliphatic carbocycles. The van der Waals surface area contributed by atoms with Crippen LogP contribution in [-0.2, 0) is 16.1 Å². The predicted octanol–water partition coefficient (Wildman–Crippen LogP) is 5.38. The van der Waals surface area contributed by atoms with Crippen molar-refractivity contribution in [3.8, 4) is 11.4 Å². The third-order valence-electron chi connectivity index (χ3n) is 5.08. The van der Waals surface area contributed by atoms with Gasteiger partial charge in [0.05, 0.1) is 5.75 Å². The zero-order valence-electron chi connectivity index (χ0n) is 19.0. The summed E-state index contributed by atoms with van der Waals surface area (Å²) in [5.74, 6) is 0.702. The van der Waals surface area contributed by atoms with Gasteiger partial charge in [0, 0.05) is 36.1 Å².